The van der Waals surface area contributed by atoms with Crippen molar-refractivity contribution >= 4 is 22.9 Å². The Morgan fingerprint density at radius 1 is 1.37 bits per heavy atom. The molecule has 0 aliphatic carbocycles. The molecule has 0 bridgehead atoms. The number of hydrogen-bond acceptors (Lipinski definition) is 4. The molecule has 3 nitrogen and oxygen atoms in total. The third-order valence-corrected chi connectivity index (χ3v) is 3.72. The van der Waals surface area contributed by atoms with E-state index in [1.807, 2.05) is 35.8 Å². The Bertz CT molecular complexity index is 473. The minimum absolute atomic E-state index is 0.270. The van der Waals surface area contributed by atoms with Crippen molar-refractivity contribution in [2.75, 3.05) is 13.2 Å². The molecule has 0 amide bonds. The molecule has 0 saturated carbocycles. The lowest BCUT2D eigenvalue weighted by Gasteiger charge is -2.17. The van der Waals surface area contributed by atoms with Gasteiger partial charge in [-0.2, -0.15) is 0 Å². The Balaban J connectivity index is 1.87. The number of hydrogen-bond donors (Lipinski definition) is 1. The second kappa shape index (κ2) is 7.48. The van der Waals surface area contributed by atoms with Gasteiger partial charge >= 0.3 is 0 Å². The van der Waals surface area contributed by atoms with Gasteiger partial charge in [-0.05, 0) is 30.8 Å². The molecule has 1 aromatic heterocycles. The van der Waals surface area contributed by atoms with Crippen LogP contribution in [0.5, 0.6) is 5.75 Å². The molecule has 19 heavy (non-hydrogen) atoms. The van der Waals surface area contributed by atoms with Crippen LogP contribution in [-0.2, 0) is 6.42 Å². The highest BCUT2D eigenvalue weighted by molar-refractivity contribution is 7.09. The van der Waals surface area contributed by atoms with Crippen LogP contribution in [0.25, 0.3) is 0 Å². The first-order chi connectivity index (χ1) is 9.28. The SMILES string of the molecule is CCNC(COc1ccc(Cl)cc1)Cc1nccs1. The number of ether oxygens (including phenoxy) is 1. The van der Waals surface area contributed by atoms with E-state index in [-0.39, 0.29) is 6.04 Å². The van der Waals surface area contributed by atoms with E-state index in [1.54, 1.807) is 11.3 Å². The van der Waals surface area contributed by atoms with Crippen molar-refractivity contribution in [2.24, 2.45) is 0 Å². The Labute approximate surface area is 122 Å². The maximum atomic E-state index is 5.84. The molecule has 2 aromatic rings. The number of halogens is 1. The predicted molar refractivity (Wildman–Crippen MR) is 80.2 cm³/mol. The second-order valence-corrected chi connectivity index (χ2v) is 5.57. The van der Waals surface area contributed by atoms with Gasteiger partial charge in [0, 0.05) is 29.1 Å². The topological polar surface area (TPSA) is 34.1 Å². The molecule has 0 aliphatic heterocycles. The lowest BCUT2D eigenvalue weighted by atomic mass is 10.2. The minimum Gasteiger partial charge on any atom is -0.492 e. The largest absolute Gasteiger partial charge is 0.492 e. The summed E-state index contributed by atoms with van der Waals surface area (Å²) in [6, 6.07) is 7.70. The predicted octanol–water partition coefficient (Wildman–Crippen LogP) is 3.40. The average Bonchev–Trinajstić information content (AvgIpc) is 2.91. The summed E-state index contributed by atoms with van der Waals surface area (Å²) in [6.07, 6.45) is 2.72. The van der Waals surface area contributed by atoms with Crippen molar-refractivity contribution in [1.82, 2.24) is 10.3 Å². The number of rotatable bonds is 7. The molecule has 2 rings (SSSR count). The molecule has 0 radical (unpaired) electrons. The molecule has 1 N–H and O–H groups in total. The van der Waals surface area contributed by atoms with Gasteiger partial charge in [0.1, 0.15) is 12.4 Å². The molecule has 5 heteroatoms. The molecule has 0 saturated heterocycles. The monoisotopic (exact) mass is 296 g/mol. The van der Waals surface area contributed by atoms with Crippen LogP contribution < -0.4 is 10.1 Å². The van der Waals surface area contributed by atoms with Crippen LogP contribution in [0.3, 0.4) is 0 Å². The van der Waals surface area contributed by atoms with Crippen LogP contribution in [0, 0.1) is 0 Å². The van der Waals surface area contributed by atoms with E-state index in [2.05, 4.69) is 17.2 Å². The number of benzene rings is 1. The smallest absolute Gasteiger partial charge is 0.119 e. The summed E-state index contributed by atoms with van der Waals surface area (Å²) in [5, 5.41) is 7.27. The molecule has 102 valence electrons. The summed E-state index contributed by atoms with van der Waals surface area (Å²) < 4.78 is 5.78. The van der Waals surface area contributed by atoms with Crippen LogP contribution in [-0.4, -0.2) is 24.2 Å². The Hall–Kier alpha value is -1.10. The van der Waals surface area contributed by atoms with Gasteiger partial charge in [0.25, 0.3) is 0 Å². The minimum atomic E-state index is 0.270. The highest BCUT2D eigenvalue weighted by atomic mass is 35.5. The van der Waals surface area contributed by atoms with Crippen LogP contribution in [0.4, 0.5) is 0 Å². The average molecular weight is 297 g/mol. The molecule has 1 heterocycles. The summed E-state index contributed by atoms with van der Waals surface area (Å²) in [5.41, 5.74) is 0. The van der Waals surface area contributed by atoms with Crippen molar-refractivity contribution < 1.29 is 4.74 Å². The van der Waals surface area contributed by atoms with E-state index in [0.717, 1.165) is 28.7 Å². The molecule has 0 aliphatic rings. The zero-order valence-electron chi connectivity index (χ0n) is 10.8. The van der Waals surface area contributed by atoms with Gasteiger partial charge in [-0.1, -0.05) is 18.5 Å². The maximum absolute atomic E-state index is 5.84. The number of likely N-dealkylation sites (N-methyl/N-ethyl adjacent to an activating group) is 1. The van der Waals surface area contributed by atoms with Crippen LogP contribution in [0.1, 0.15) is 11.9 Å². The number of thiazole rings is 1. The van der Waals surface area contributed by atoms with Crippen LogP contribution >= 0.6 is 22.9 Å². The van der Waals surface area contributed by atoms with Gasteiger partial charge in [-0.15, -0.1) is 11.3 Å². The van der Waals surface area contributed by atoms with Crippen molar-refractivity contribution in [1.29, 1.82) is 0 Å². The van der Waals surface area contributed by atoms with Crippen molar-refractivity contribution in [2.45, 2.75) is 19.4 Å². The van der Waals surface area contributed by atoms with E-state index in [9.17, 15) is 0 Å². The van der Waals surface area contributed by atoms with E-state index in [1.165, 1.54) is 0 Å². The molecular formula is C14H17ClN2OS. The van der Waals surface area contributed by atoms with Gasteiger partial charge < -0.3 is 10.1 Å². The van der Waals surface area contributed by atoms with Crippen molar-refractivity contribution in [3.63, 3.8) is 0 Å². The molecule has 1 atom stereocenters. The van der Waals surface area contributed by atoms with Gasteiger partial charge in [0.05, 0.1) is 5.01 Å². The van der Waals surface area contributed by atoms with E-state index in [0.29, 0.717) is 6.61 Å². The summed E-state index contributed by atoms with van der Waals surface area (Å²) in [6.45, 7) is 3.63. The number of nitrogens with zero attached hydrogens (tertiary/aromatic N) is 1. The summed E-state index contributed by atoms with van der Waals surface area (Å²) in [5.74, 6) is 0.839. The Kier molecular flexibility index (Phi) is 5.63. The zero-order valence-corrected chi connectivity index (χ0v) is 12.4. The van der Waals surface area contributed by atoms with Crippen LogP contribution in [0.2, 0.25) is 5.02 Å². The Morgan fingerprint density at radius 2 is 2.16 bits per heavy atom. The fourth-order valence-corrected chi connectivity index (χ4v) is 2.59. The molecule has 1 aromatic carbocycles. The Morgan fingerprint density at radius 3 is 2.79 bits per heavy atom. The zero-order chi connectivity index (χ0) is 13.5. The molecule has 0 spiro atoms. The third kappa shape index (κ3) is 4.82. The van der Waals surface area contributed by atoms with Crippen molar-refractivity contribution in [3.05, 3.63) is 45.9 Å². The summed E-state index contributed by atoms with van der Waals surface area (Å²) in [7, 11) is 0. The van der Waals surface area contributed by atoms with Gasteiger partial charge in [-0.3, -0.25) is 0 Å². The highest BCUT2D eigenvalue weighted by Crippen LogP contribution is 2.16. The third-order valence-electron chi connectivity index (χ3n) is 2.66. The highest BCUT2D eigenvalue weighted by Gasteiger charge is 2.11. The quantitative estimate of drug-likeness (QED) is 0.850. The normalized spacial score (nSPS) is 12.3. The molecular weight excluding hydrogens is 280 g/mol. The fourth-order valence-electron chi connectivity index (χ4n) is 1.77. The maximum Gasteiger partial charge on any atom is 0.119 e. The van der Waals surface area contributed by atoms with Gasteiger partial charge in [0.2, 0.25) is 0 Å². The standard InChI is InChI=1S/C14H17ClN2OS/c1-2-16-12(9-14-17-7-8-19-14)10-18-13-5-3-11(15)4-6-13/h3-8,12,16H,2,9-10H2,1H3. The fraction of sp³-hybridized carbons (Fsp3) is 0.357. The van der Waals surface area contributed by atoms with Gasteiger partial charge in [-0.25, -0.2) is 4.98 Å². The first kappa shape index (κ1) is 14.3. The second-order valence-electron chi connectivity index (χ2n) is 4.15. The van der Waals surface area contributed by atoms with Crippen LogP contribution in [0.15, 0.2) is 35.8 Å². The summed E-state index contributed by atoms with van der Waals surface area (Å²) >= 11 is 7.52. The lowest BCUT2D eigenvalue weighted by Crippen LogP contribution is -2.36. The van der Waals surface area contributed by atoms with Crippen molar-refractivity contribution in [3.8, 4) is 5.75 Å². The molecule has 0 fully saturated rings. The first-order valence-corrected chi connectivity index (χ1v) is 7.54. The van der Waals surface area contributed by atoms with E-state index in [4.69, 9.17) is 16.3 Å². The first-order valence-electron chi connectivity index (χ1n) is 6.28. The van der Waals surface area contributed by atoms with E-state index < -0.39 is 0 Å². The lowest BCUT2D eigenvalue weighted by molar-refractivity contribution is 0.265. The number of nitrogens with one attached hydrogen (secondary N) is 1. The molecule has 1 unspecified atom stereocenters. The summed E-state index contributed by atoms with van der Waals surface area (Å²) in [4.78, 5) is 4.31. The van der Waals surface area contributed by atoms with E-state index >= 15 is 0 Å². The number of aromatic nitrogens is 1. The van der Waals surface area contributed by atoms with Gasteiger partial charge in [0.15, 0.2) is 0 Å².